The molecule has 0 aromatic heterocycles. The Balaban J connectivity index is 1.81. The number of carbonyl (C=O) groups excluding carboxylic acids is 4. The maximum atomic E-state index is 12.9. The zero-order chi connectivity index (χ0) is 32.6. The smallest absolute Gasteiger partial charge is 0.408 e. The largest absolute Gasteiger partial charge is 0.444 e. The lowest BCUT2D eigenvalue weighted by Crippen LogP contribution is -2.49. The van der Waals surface area contributed by atoms with Crippen molar-refractivity contribution in [1.82, 2.24) is 21.3 Å². The summed E-state index contributed by atoms with van der Waals surface area (Å²) in [4.78, 5) is 50.5. The summed E-state index contributed by atoms with van der Waals surface area (Å²) in [5, 5.41) is 11.1. The second kappa shape index (κ2) is 17.7. The third-order valence-corrected chi connectivity index (χ3v) is 5.97. The van der Waals surface area contributed by atoms with Crippen LogP contribution in [-0.2, 0) is 31.9 Å². The van der Waals surface area contributed by atoms with E-state index in [0.29, 0.717) is 38.8 Å². The minimum absolute atomic E-state index is 0.303. The van der Waals surface area contributed by atoms with Crippen molar-refractivity contribution in [3.63, 3.8) is 0 Å². The predicted octanol–water partition coefficient (Wildman–Crippen LogP) is 4.83. The van der Waals surface area contributed by atoms with Gasteiger partial charge in [0.2, 0.25) is 11.8 Å². The molecule has 0 unspecified atom stereocenters. The number of hydrogen-bond donors (Lipinski definition) is 4. The Morgan fingerprint density at radius 2 is 0.955 bits per heavy atom. The van der Waals surface area contributed by atoms with Crippen molar-refractivity contribution in [2.45, 2.75) is 90.5 Å². The lowest BCUT2D eigenvalue weighted by atomic mass is 10.1. The lowest BCUT2D eigenvalue weighted by Gasteiger charge is -2.23. The molecule has 0 aliphatic carbocycles. The molecule has 0 saturated carbocycles. The van der Waals surface area contributed by atoms with Crippen LogP contribution in [0.2, 0.25) is 0 Å². The van der Waals surface area contributed by atoms with Gasteiger partial charge in [-0.2, -0.15) is 0 Å². The highest BCUT2D eigenvalue weighted by Crippen LogP contribution is 2.10. The van der Waals surface area contributed by atoms with Gasteiger partial charge >= 0.3 is 12.2 Å². The molecule has 0 radical (unpaired) electrons. The summed E-state index contributed by atoms with van der Waals surface area (Å²) in [7, 11) is 0. The summed E-state index contributed by atoms with van der Waals surface area (Å²) < 4.78 is 10.7. The van der Waals surface area contributed by atoms with Gasteiger partial charge in [-0.05, 0) is 65.5 Å². The van der Waals surface area contributed by atoms with E-state index in [1.165, 1.54) is 0 Å². The van der Waals surface area contributed by atoms with Crippen LogP contribution in [0.1, 0.15) is 65.5 Å². The molecule has 2 aromatic carbocycles. The molecule has 0 heterocycles. The monoisotopic (exact) mass is 608 g/mol. The van der Waals surface area contributed by atoms with E-state index < -0.39 is 35.5 Å². The first kappa shape index (κ1) is 35.9. The van der Waals surface area contributed by atoms with E-state index in [-0.39, 0.29) is 11.8 Å². The van der Waals surface area contributed by atoms with Crippen molar-refractivity contribution in [2.75, 3.05) is 13.1 Å². The number of nitrogens with one attached hydrogen (secondary N) is 4. The number of ether oxygens (including phenoxy) is 2. The molecule has 10 heteroatoms. The van der Waals surface area contributed by atoms with Gasteiger partial charge in [-0.15, -0.1) is 0 Å². The van der Waals surface area contributed by atoms with Crippen LogP contribution >= 0.6 is 0 Å². The Kier molecular flexibility index (Phi) is 14.4. The first-order chi connectivity index (χ1) is 20.7. The Morgan fingerprint density at radius 1 is 0.614 bits per heavy atom. The molecule has 2 atom stereocenters. The van der Waals surface area contributed by atoms with Crippen molar-refractivity contribution < 1.29 is 28.7 Å². The van der Waals surface area contributed by atoms with E-state index in [4.69, 9.17) is 9.47 Å². The number of rotatable bonds is 14. The highest BCUT2D eigenvalue weighted by Gasteiger charge is 2.25. The molecule has 4 N–H and O–H groups in total. The van der Waals surface area contributed by atoms with Crippen molar-refractivity contribution >= 4 is 24.0 Å². The summed E-state index contributed by atoms with van der Waals surface area (Å²) in [5.41, 5.74) is 0.468. The number of alkyl carbamates (subject to hydrolysis) is 2. The highest BCUT2D eigenvalue weighted by molar-refractivity contribution is 5.86. The molecule has 4 amide bonds. The third-order valence-electron chi connectivity index (χ3n) is 5.97. The minimum Gasteiger partial charge on any atom is -0.444 e. The van der Waals surface area contributed by atoms with E-state index in [1.807, 2.05) is 72.8 Å². The predicted molar refractivity (Wildman–Crippen MR) is 171 cm³/mol. The topological polar surface area (TPSA) is 135 Å². The fourth-order valence-electron chi connectivity index (χ4n) is 4.06. The fraction of sp³-hybridized carbons (Fsp3) is 0.471. The van der Waals surface area contributed by atoms with Crippen molar-refractivity contribution in [1.29, 1.82) is 0 Å². The molecule has 0 aliphatic heterocycles. The number of benzene rings is 2. The maximum Gasteiger partial charge on any atom is 0.408 e. The van der Waals surface area contributed by atoms with E-state index in [2.05, 4.69) is 21.3 Å². The molecular formula is C34H48N4O6. The van der Waals surface area contributed by atoms with Gasteiger partial charge in [0.15, 0.2) is 0 Å². The average molecular weight is 609 g/mol. The molecule has 2 rings (SSSR count). The molecule has 0 bridgehead atoms. The minimum atomic E-state index is -0.787. The summed E-state index contributed by atoms with van der Waals surface area (Å²) >= 11 is 0. The number of carbonyl (C=O) groups is 4. The van der Waals surface area contributed by atoms with Gasteiger partial charge in [-0.3, -0.25) is 9.59 Å². The molecule has 0 fully saturated rings. The molecule has 2 aromatic rings. The summed E-state index contributed by atoms with van der Waals surface area (Å²) in [6, 6.07) is 17.3. The molecule has 240 valence electrons. The van der Waals surface area contributed by atoms with Crippen molar-refractivity contribution in [2.24, 2.45) is 0 Å². The Bertz CT molecular complexity index is 1120. The van der Waals surface area contributed by atoms with Gasteiger partial charge in [0.25, 0.3) is 0 Å². The van der Waals surface area contributed by atoms with Crippen molar-refractivity contribution in [3.8, 4) is 0 Å². The quantitative estimate of drug-likeness (QED) is 0.179. The highest BCUT2D eigenvalue weighted by atomic mass is 16.6. The van der Waals surface area contributed by atoms with Gasteiger partial charge in [0, 0.05) is 25.9 Å². The van der Waals surface area contributed by atoms with E-state index in [1.54, 1.807) is 41.5 Å². The van der Waals surface area contributed by atoms with E-state index in [9.17, 15) is 19.2 Å². The van der Waals surface area contributed by atoms with Crippen LogP contribution < -0.4 is 21.3 Å². The van der Waals surface area contributed by atoms with Crippen LogP contribution in [0.15, 0.2) is 72.8 Å². The number of amides is 4. The van der Waals surface area contributed by atoms with Crippen LogP contribution in [0.4, 0.5) is 9.59 Å². The standard InChI is InChI=1S/C34H48N4O6/c1-33(2,3)43-31(41)37-27(23-25-17-11-9-12-18-25)29(39)35-21-15-7-8-16-22-36-30(40)28(24-26-19-13-10-14-20-26)38-32(42)44-34(4,5)6/h7-14,17-20,27-28H,15-16,21-24H2,1-6H3,(H,35,39)(H,36,40)(H,37,41)(H,38,42)/b8-7-/t27-,28-/m0/s1. The van der Waals surface area contributed by atoms with Crippen LogP contribution in [0.25, 0.3) is 0 Å². The zero-order valence-corrected chi connectivity index (χ0v) is 26.8. The Hall–Kier alpha value is -4.34. The van der Waals surface area contributed by atoms with Gasteiger partial charge in [0.1, 0.15) is 23.3 Å². The summed E-state index contributed by atoms with van der Waals surface area (Å²) in [6.07, 6.45) is 4.33. The van der Waals surface area contributed by atoms with Crippen LogP contribution in [0.3, 0.4) is 0 Å². The van der Waals surface area contributed by atoms with E-state index in [0.717, 1.165) is 11.1 Å². The zero-order valence-electron chi connectivity index (χ0n) is 26.8. The summed E-state index contributed by atoms with van der Waals surface area (Å²) in [5.74, 6) is -0.607. The maximum absolute atomic E-state index is 12.9. The first-order valence-electron chi connectivity index (χ1n) is 15.0. The van der Waals surface area contributed by atoms with Gasteiger partial charge < -0.3 is 30.7 Å². The van der Waals surface area contributed by atoms with Gasteiger partial charge in [-0.25, -0.2) is 9.59 Å². The SMILES string of the molecule is CC(C)(C)OC(=O)N[C@@H](Cc1ccccc1)C(=O)NCC/C=C\CCNC(=O)[C@H](Cc1ccccc1)NC(=O)OC(C)(C)C. The van der Waals surface area contributed by atoms with Gasteiger partial charge in [-0.1, -0.05) is 72.8 Å². The normalized spacial score (nSPS) is 13.0. The molecule has 0 saturated heterocycles. The second-order valence-electron chi connectivity index (χ2n) is 12.4. The van der Waals surface area contributed by atoms with Crippen LogP contribution in [0, 0.1) is 0 Å². The third kappa shape index (κ3) is 15.8. The lowest BCUT2D eigenvalue weighted by molar-refractivity contribution is -0.123. The van der Waals surface area contributed by atoms with Gasteiger partial charge in [0.05, 0.1) is 0 Å². The van der Waals surface area contributed by atoms with Crippen molar-refractivity contribution in [3.05, 3.63) is 83.9 Å². The second-order valence-corrected chi connectivity index (χ2v) is 12.4. The molecule has 0 aliphatic rings. The van der Waals surface area contributed by atoms with Crippen LogP contribution in [0.5, 0.6) is 0 Å². The fourth-order valence-corrected chi connectivity index (χ4v) is 4.06. The first-order valence-corrected chi connectivity index (χ1v) is 15.0. The molecule has 44 heavy (non-hydrogen) atoms. The molecule has 10 nitrogen and oxygen atoms in total. The van der Waals surface area contributed by atoms with E-state index >= 15 is 0 Å². The average Bonchev–Trinajstić information content (AvgIpc) is 2.92. The Morgan fingerprint density at radius 3 is 1.27 bits per heavy atom. The summed E-state index contributed by atoms with van der Waals surface area (Å²) in [6.45, 7) is 11.3. The van der Waals surface area contributed by atoms with Crippen LogP contribution in [-0.4, -0.2) is 60.4 Å². The number of hydrogen-bond acceptors (Lipinski definition) is 6. The Labute approximate surface area is 261 Å². The molecule has 0 spiro atoms. The molecular weight excluding hydrogens is 560 g/mol.